The maximum absolute atomic E-state index is 10.7. The summed E-state index contributed by atoms with van der Waals surface area (Å²) in [6.07, 6.45) is -0.800. The van der Waals surface area contributed by atoms with E-state index in [1.54, 1.807) is 32.4 Å². The number of aliphatic hydroxyl groups excluding tert-OH is 1. The fourth-order valence-corrected chi connectivity index (χ4v) is 2.88. The molecule has 0 saturated heterocycles. The average Bonchev–Trinajstić information content (AvgIpc) is 2.71. The van der Waals surface area contributed by atoms with Crippen LogP contribution in [0.3, 0.4) is 0 Å². The van der Waals surface area contributed by atoms with E-state index in [2.05, 4.69) is 41.5 Å². The maximum atomic E-state index is 10.7. The van der Waals surface area contributed by atoms with Crippen molar-refractivity contribution < 1.29 is 14.6 Å². The average molecular weight is 386 g/mol. The smallest absolute Gasteiger partial charge is 0.194 e. The van der Waals surface area contributed by atoms with Crippen LogP contribution in [0.1, 0.15) is 29.7 Å². The fraction of sp³-hybridized carbons (Fsp3) is 0.409. The summed E-state index contributed by atoms with van der Waals surface area (Å²) in [5.74, 6) is 2.02. The van der Waals surface area contributed by atoms with Crippen LogP contribution in [-0.4, -0.2) is 50.3 Å². The zero-order valence-electron chi connectivity index (χ0n) is 17.4. The van der Waals surface area contributed by atoms with Crippen molar-refractivity contribution in [3.63, 3.8) is 0 Å². The Labute approximate surface area is 167 Å². The van der Waals surface area contributed by atoms with E-state index < -0.39 is 6.10 Å². The Bertz CT molecular complexity index is 775. The quantitative estimate of drug-likeness (QED) is 0.540. The van der Waals surface area contributed by atoms with Gasteiger partial charge in [-0.3, -0.25) is 4.99 Å². The van der Waals surface area contributed by atoms with Gasteiger partial charge >= 0.3 is 0 Å². The van der Waals surface area contributed by atoms with Gasteiger partial charge in [0.2, 0.25) is 0 Å². The number of aryl methyl sites for hydroxylation is 1. The molecule has 28 heavy (non-hydrogen) atoms. The third-order valence-electron chi connectivity index (χ3n) is 4.45. The van der Waals surface area contributed by atoms with Crippen LogP contribution in [0.25, 0.3) is 0 Å². The first kappa shape index (κ1) is 21.6. The van der Waals surface area contributed by atoms with E-state index >= 15 is 0 Å². The number of methoxy groups -OCH3 is 2. The largest absolute Gasteiger partial charge is 0.497 e. The lowest BCUT2D eigenvalue weighted by molar-refractivity contribution is 0.181. The van der Waals surface area contributed by atoms with Gasteiger partial charge in [0.25, 0.3) is 0 Å². The van der Waals surface area contributed by atoms with E-state index in [0.29, 0.717) is 17.1 Å². The number of hydrogen-bond acceptors (Lipinski definition) is 4. The summed E-state index contributed by atoms with van der Waals surface area (Å²) in [5, 5.41) is 14.0. The van der Waals surface area contributed by atoms with Crippen molar-refractivity contribution in [3.8, 4) is 11.5 Å². The molecule has 0 amide bonds. The molecule has 152 valence electrons. The number of aliphatic imine (C=N–C) groups is 1. The van der Waals surface area contributed by atoms with Gasteiger partial charge in [-0.2, -0.15) is 0 Å². The lowest BCUT2D eigenvalue weighted by Crippen LogP contribution is -2.38. The van der Waals surface area contributed by atoms with E-state index in [4.69, 9.17) is 9.47 Å². The Morgan fingerprint density at radius 3 is 2.46 bits per heavy atom. The number of guanidine groups is 1. The first-order valence-corrected chi connectivity index (χ1v) is 9.43. The minimum atomic E-state index is -0.800. The molecule has 0 bridgehead atoms. The summed E-state index contributed by atoms with van der Waals surface area (Å²) >= 11 is 0. The highest BCUT2D eigenvalue weighted by atomic mass is 16.5. The lowest BCUT2D eigenvalue weighted by Gasteiger charge is -2.23. The van der Waals surface area contributed by atoms with E-state index in [0.717, 1.165) is 19.0 Å². The van der Waals surface area contributed by atoms with Gasteiger partial charge in [-0.15, -0.1) is 0 Å². The summed E-state index contributed by atoms with van der Waals surface area (Å²) in [6.45, 7) is 5.79. The molecular formula is C22H31N3O3. The predicted molar refractivity (Wildman–Crippen MR) is 113 cm³/mol. The summed E-state index contributed by atoms with van der Waals surface area (Å²) in [4.78, 5) is 6.66. The van der Waals surface area contributed by atoms with Crippen molar-refractivity contribution in [2.75, 3.05) is 34.4 Å². The third kappa shape index (κ3) is 5.89. The lowest BCUT2D eigenvalue weighted by atomic mass is 10.1. The molecule has 2 N–H and O–H groups in total. The molecular weight excluding hydrogens is 354 g/mol. The Hall–Kier alpha value is -2.73. The molecule has 6 heteroatoms. The molecule has 2 aromatic carbocycles. The minimum Gasteiger partial charge on any atom is -0.497 e. The highest BCUT2D eigenvalue weighted by molar-refractivity contribution is 5.79. The Morgan fingerprint density at radius 2 is 1.86 bits per heavy atom. The molecule has 6 nitrogen and oxygen atoms in total. The van der Waals surface area contributed by atoms with Gasteiger partial charge in [0.1, 0.15) is 17.6 Å². The second kappa shape index (κ2) is 10.6. The Morgan fingerprint density at radius 1 is 1.14 bits per heavy atom. The van der Waals surface area contributed by atoms with E-state index in [-0.39, 0.29) is 6.54 Å². The number of ether oxygens (including phenoxy) is 2. The summed E-state index contributed by atoms with van der Waals surface area (Å²) in [5.41, 5.74) is 3.10. The highest BCUT2D eigenvalue weighted by Crippen LogP contribution is 2.29. The van der Waals surface area contributed by atoms with Gasteiger partial charge < -0.3 is 24.8 Å². The van der Waals surface area contributed by atoms with Crippen LogP contribution in [-0.2, 0) is 6.54 Å². The molecule has 2 aromatic rings. The van der Waals surface area contributed by atoms with Crippen molar-refractivity contribution in [1.29, 1.82) is 0 Å². The van der Waals surface area contributed by atoms with Gasteiger partial charge in [-0.1, -0.05) is 29.8 Å². The van der Waals surface area contributed by atoms with Gasteiger partial charge in [0.05, 0.1) is 20.8 Å². The Balaban J connectivity index is 2.13. The normalized spacial score (nSPS) is 12.4. The summed E-state index contributed by atoms with van der Waals surface area (Å²) in [7, 11) is 5.17. The molecule has 0 aliphatic carbocycles. The molecule has 2 rings (SSSR count). The van der Waals surface area contributed by atoms with E-state index in [1.807, 2.05) is 18.9 Å². The van der Waals surface area contributed by atoms with Gasteiger partial charge in [0, 0.05) is 25.7 Å². The van der Waals surface area contributed by atoms with Crippen LogP contribution >= 0.6 is 0 Å². The van der Waals surface area contributed by atoms with Crippen LogP contribution in [0.15, 0.2) is 47.5 Å². The van der Waals surface area contributed by atoms with Gasteiger partial charge in [-0.05, 0) is 37.6 Å². The zero-order chi connectivity index (χ0) is 20.5. The second-order valence-corrected chi connectivity index (χ2v) is 6.66. The molecule has 0 saturated carbocycles. The molecule has 0 aliphatic heterocycles. The van der Waals surface area contributed by atoms with Crippen molar-refractivity contribution in [2.24, 2.45) is 4.99 Å². The number of aliphatic hydroxyl groups is 1. The van der Waals surface area contributed by atoms with Crippen LogP contribution in [0.2, 0.25) is 0 Å². The molecule has 0 aromatic heterocycles. The van der Waals surface area contributed by atoms with E-state index in [9.17, 15) is 5.11 Å². The molecule has 1 atom stereocenters. The first-order valence-electron chi connectivity index (χ1n) is 9.43. The van der Waals surface area contributed by atoms with Crippen molar-refractivity contribution in [3.05, 3.63) is 59.2 Å². The molecule has 1 unspecified atom stereocenters. The van der Waals surface area contributed by atoms with E-state index in [1.165, 1.54) is 11.1 Å². The number of benzene rings is 2. The highest BCUT2D eigenvalue weighted by Gasteiger charge is 2.15. The molecule has 0 aliphatic rings. The van der Waals surface area contributed by atoms with Crippen molar-refractivity contribution in [1.82, 2.24) is 10.2 Å². The van der Waals surface area contributed by atoms with Crippen LogP contribution in [0.5, 0.6) is 11.5 Å². The van der Waals surface area contributed by atoms with Gasteiger partial charge in [-0.25, -0.2) is 0 Å². The zero-order valence-corrected chi connectivity index (χ0v) is 17.4. The van der Waals surface area contributed by atoms with Crippen LogP contribution in [0, 0.1) is 6.92 Å². The summed E-state index contributed by atoms with van der Waals surface area (Å²) < 4.78 is 10.6. The summed E-state index contributed by atoms with van der Waals surface area (Å²) in [6, 6.07) is 13.8. The molecule has 0 fully saturated rings. The van der Waals surface area contributed by atoms with Crippen LogP contribution in [0.4, 0.5) is 0 Å². The Kier molecular flexibility index (Phi) is 8.14. The first-order chi connectivity index (χ1) is 13.5. The molecule has 0 heterocycles. The number of hydrogen-bond donors (Lipinski definition) is 2. The monoisotopic (exact) mass is 385 g/mol. The number of nitrogens with zero attached hydrogens (tertiary/aromatic N) is 2. The second-order valence-electron chi connectivity index (χ2n) is 6.66. The number of rotatable bonds is 8. The maximum Gasteiger partial charge on any atom is 0.194 e. The SMILES string of the molecule is CCNC(=NCC(O)c1cc(OC)ccc1OC)N(C)Cc1ccc(C)cc1. The predicted octanol–water partition coefficient (Wildman–Crippen LogP) is 3.14. The topological polar surface area (TPSA) is 66.3 Å². The van der Waals surface area contributed by atoms with Crippen LogP contribution < -0.4 is 14.8 Å². The standard InChI is InChI=1S/C22H31N3O3/c1-6-23-22(25(3)15-17-9-7-16(2)8-10-17)24-14-20(26)19-13-18(27-4)11-12-21(19)28-5/h7-13,20,26H,6,14-15H2,1-5H3,(H,23,24). The molecule has 0 radical (unpaired) electrons. The van der Waals surface area contributed by atoms with Crippen molar-refractivity contribution in [2.45, 2.75) is 26.5 Å². The fourth-order valence-electron chi connectivity index (χ4n) is 2.88. The van der Waals surface area contributed by atoms with Crippen molar-refractivity contribution >= 4 is 5.96 Å². The minimum absolute atomic E-state index is 0.212. The number of nitrogens with one attached hydrogen (secondary N) is 1. The third-order valence-corrected chi connectivity index (χ3v) is 4.45. The van der Waals surface area contributed by atoms with Gasteiger partial charge in [0.15, 0.2) is 5.96 Å². The molecule has 0 spiro atoms.